The smallest absolute Gasteiger partial charge is 0.226 e. The van der Waals surface area contributed by atoms with Crippen LogP contribution < -0.4 is 5.73 Å². The summed E-state index contributed by atoms with van der Waals surface area (Å²) >= 11 is 0. The topological polar surface area (TPSA) is 85.2 Å². The first-order valence-electron chi connectivity index (χ1n) is 8.67. The third-order valence-corrected chi connectivity index (χ3v) is 4.40. The van der Waals surface area contributed by atoms with Crippen LogP contribution in [0.5, 0.6) is 0 Å². The first-order valence-corrected chi connectivity index (χ1v) is 8.67. The average Bonchev–Trinajstić information content (AvgIpc) is 2.96. The number of likely N-dealkylation sites (tertiary alicyclic amines) is 1. The number of rotatable bonds is 5. The molecule has 0 bridgehead atoms. The Morgan fingerprint density at radius 1 is 1.42 bits per heavy atom. The molecule has 1 saturated heterocycles. The van der Waals surface area contributed by atoms with E-state index >= 15 is 0 Å². The van der Waals surface area contributed by atoms with Crippen LogP contribution in [0.4, 0.5) is 0 Å². The molecule has 0 aliphatic carbocycles. The van der Waals surface area contributed by atoms with Gasteiger partial charge in [-0.2, -0.15) is 4.98 Å². The Labute approximate surface area is 150 Å². The molecule has 6 nitrogen and oxygen atoms in total. The van der Waals surface area contributed by atoms with Gasteiger partial charge in [-0.1, -0.05) is 25.9 Å². The van der Waals surface area contributed by atoms with Gasteiger partial charge < -0.3 is 15.2 Å². The van der Waals surface area contributed by atoms with Gasteiger partial charge in [-0.25, -0.2) is 0 Å². The van der Waals surface area contributed by atoms with Crippen molar-refractivity contribution in [1.82, 2.24) is 15.0 Å². The van der Waals surface area contributed by atoms with Crippen LogP contribution in [0.25, 0.3) is 0 Å². The van der Waals surface area contributed by atoms with Gasteiger partial charge >= 0.3 is 0 Å². The van der Waals surface area contributed by atoms with Crippen molar-refractivity contribution in [3.8, 4) is 0 Å². The van der Waals surface area contributed by atoms with E-state index in [2.05, 4.69) is 30.9 Å². The summed E-state index contributed by atoms with van der Waals surface area (Å²) in [6, 6.07) is 0.219. The third kappa shape index (κ3) is 5.45. The molecular formula is C17H31ClN4O2. The number of aromatic nitrogens is 2. The van der Waals surface area contributed by atoms with E-state index in [0.29, 0.717) is 24.6 Å². The fourth-order valence-corrected chi connectivity index (χ4v) is 3.01. The van der Waals surface area contributed by atoms with E-state index in [-0.39, 0.29) is 35.8 Å². The number of piperidine rings is 1. The van der Waals surface area contributed by atoms with E-state index in [0.717, 1.165) is 32.2 Å². The van der Waals surface area contributed by atoms with Crippen molar-refractivity contribution in [3.63, 3.8) is 0 Å². The maximum Gasteiger partial charge on any atom is 0.226 e. The van der Waals surface area contributed by atoms with Crippen LogP contribution in [0.2, 0.25) is 0 Å². The predicted molar refractivity (Wildman–Crippen MR) is 96.2 cm³/mol. The largest absolute Gasteiger partial charge is 0.339 e. The number of carbonyl (C=O) groups is 1. The normalized spacial score (nSPS) is 19.7. The SMILES string of the molecule is CC(N)C1CCCCN1C(=O)CCCc1nc(C(C)(C)C)no1.Cl. The third-order valence-electron chi connectivity index (χ3n) is 4.40. The van der Waals surface area contributed by atoms with E-state index < -0.39 is 0 Å². The molecule has 24 heavy (non-hydrogen) atoms. The van der Waals surface area contributed by atoms with Crippen LogP contribution in [-0.4, -0.2) is 39.6 Å². The molecule has 1 aliphatic heterocycles. The van der Waals surface area contributed by atoms with Gasteiger partial charge in [0, 0.05) is 36.9 Å². The summed E-state index contributed by atoms with van der Waals surface area (Å²) < 4.78 is 5.27. The van der Waals surface area contributed by atoms with Gasteiger partial charge in [-0.15, -0.1) is 12.4 Å². The van der Waals surface area contributed by atoms with E-state index in [1.165, 1.54) is 0 Å². The highest BCUT2D eigenvalue weighted by Gasteiger charge is 2.28. The summed E-state index contributed by atoms with van der Waals surface area (Å²) in [6.07, 6.45) is 5.14. The fraction of sp³-hybridized carbons (Fsp3) is 0.824. The summed E-state index contributed by atoms with van der Waals surface area (Å²) in [6.45, 7) is 8.98. The van der Waals surface area contributed by atoms with E-state index in [1.807, 2.05) is 11.8 Å². The van der Waals surface area contributed by atoms with Crippen LogP contribution in [-0.2, 0) is 16.6 Å². The Kier molecular flexibility index (Phi) is 7.67. The molecule has 0 radical (unpaired) electrons. The summed E-state index contributed by atoms with van der Waals surface area (Å²) in [4.78, 5) is 18.9. The minimum absolute atomic E-state index is 0. The van der Waals surface area contributed by atoms with Gasteiger partial charge in [-0.3, -0.25) is 4.79 Å². The molecule has 1 aromatic rings. The van der Waals surface area contributed by atoms with Gasteiger partial charge in [-0.05, 0) is 32.6 Å². The Morgan fingerprint density at radius 2 is 2.12 bits per heavy atom. The Hall–Kier alpha value is -1.14. The Morgan fingerprint density at radius 3 is 2.71 bits per heavy atom. The summed E-state index contributed by atoms with van der Waals surface area (Å²) in [5.74, 6) is 1.53. The van der Waals surface area contributed by atoms with Crippen molar-refractivity contribution >= 4 is 18.3 Å². The minimum Gasteiger partial charge on any atom is -0.339 e. The molecule has 1 aliphatic rings. The van der Waals surface area contributed by atoms with E-state index in [9.17, 15) is 4.79 Å². The second kappa shape index (κ2) is 8.81. The van der Waals surface area contributed by atoms with Crippen molar-refractivity contribution in [1.29, 1.82) is 0 Å². The number of aryl methyl sites for hydroxylation is 1. The average molecular weight is 359 g/mol. The number of hydrogen-bond donors (Lipinski definition) is 1. The number of halogens is 1. The lowest BCUT2D eigenvalue weighted by Gasteiger charge is -2.38. The molecule has 1 fully saturated rings. The molecule has 0 spiro atoms. The van der Waals surface area contributed by atoms with Crippen molar-refractivity contribution in [3.05, 3.63) is 11.7 Å². The number of nitrogens with two attached hydrogens (primary N) is 1. The zero-order valence-corrected chi connectivity index (χ0v) is 16.1. The zero-order valence-electron chi connectivity index (χ0n) is 15.2. The molecule has 2 rings (SSSR count). The van der Waals surface area contributed by atoms with Gasteiger partial charge in [0.05, 0.1) is 0 Å². The lowest BCUT2D eigenvalue weighted by molar-refractivity contribution is -0.135. The standard InChI is InChI=1S/C17H30N4O2.ClH/c1-12(18)13-8-5-6-11-21(13)15(22)10-7-9-14-19-16(20-23-14)17(2,3)4;/h12-13H,5-11,18H2,1-4H3;1H. The molecule has 2 heterocycles. The molecule has 7 heteroatoms. The highest BCUT2D eigenvalue weighted by Crippen LogP contribution is 2.21. The number of amides is 1. The Balaban J connectivity index is 0.00000288. The quantitative estimate of drug-likeness (QED) is 0.874. The number of carbonyl (C=O) groups excluding carboxylic acids is 1. The molecule has 0 saturated carbocycles. The van der Waals surface area contributed by atoms with Gasteiger partial charge in [0.25, 0.3) is 0 Å². The highest BCUT2D eigenvalue weighted by atomic mass is 35.5. The highest BCUT2D eigenvalue weighted by molar-refractivity contribution is 5.85. The second-order valence-corrected chi connectivity index (χ2v) is 7.62. The Bertz CT molecular complexity index is 525. The van der Waals surface area contributed by atoms with Crippen LogP contribution in [0, 0.1) is 0 Å². The first-order chi connectivity index (χ1) is 10.8. The summed E-state index contributed by atoms with van der Waals surface area (Å²) in [5, 5.41) is 4.01. The molecule has 2 atom stereocenters. The zero-order chi connectivity index (χ0) is 17.0. The minimum atomic E-state index is -0.115. The van der Waals surface area contributed by atoms with Crippen molar-refractivity contribution in [2.24, 2.45) is 5.73 Å². The van der Waals surface area contributed by atoms with Gasteiger partial charge in [0.2, 0.25) is 11.8 Å². The molecule has 1 aromatic heterocycles. The molecule has 1 amide bonds. The fourth-order valence-electron chi connectivity index (χ4n) is 3.01. The molecule has 2 unspecified atom stereocenters. The monoisotopic (exact) mass is 358 g/mol. The van der Waals surface area contributed by atoms with Gasteiger partial charge in [0.1, 0.15) is 0 Å². The van der Waals surface area contributed by atoms with Crippen molar-refractivity contribution in [2.45, 2.75) is 83.7 Å². The first kappa shape index (κ1) is 20.9. The summed E-state index contributed by atoms with van der Waals surface area (Å²) in [7, 11) is 0. The molecule has 0 aromatic carbocycles. The molecular weight excluding hydrogens is 328 g/mol. The van der Waals surface area contributed by atoms with Crippen LogP contribution in [0.1, 0.15) is 71.5 Å². The predicted octanol–water partition coefficient (Wildman–Crippen LogP) is 2.84. The van der Waals surface area contributed by atoms with E-state index in [4.69, 9.17) is 10.3 Å². The second-order valence-electron chi connectivity index (χ2n) is 7.62. The number of nitrogens with zero attached hydrogens (tertiary/aromatic N) is 3. The lowest BCUT2D eigenvalue weighted by atomic mass is 9.96. The van der Waals surface area contributed by atoms with Crippen LogP contribution in [0.15, 0.2) is 4.52 Å². The van der Waals surface area contributed by atoms with Crippen LogP contribution in [0.3, 0.4) is 0 Å². The van der Waals surface area contributed by atoms with Crippen molar-refractivity contribution < 1.29 is 9.32 Å². The summed E-state index contributed by atoms with van der Waals surface area (Å²) in [5.41, 5.74) is 5.92. The van der Waals surface area contributed by atoms with E-state index in [1.54, 1.807) is 0 Å². The maximum absolute atomic E-state index is 12.5. The maximum atomic E-state index is 12.5. The lowest BCUT2D eigenvalue weighted by Crippen LogP contribution is -2.51. The molecule has 2 N–H and O–H groups in total. The molecule has 138 valence electrons. The van der Waals surface area contributed by atoms with Gasteiger partial charge in [0.15, 0.2) is 5.82 Å². The van der Waals surface area contributed by atoms with Crippen LogP contribution >= 0.6 is 12.4 Å². The number of hydrogen-bond acceptors (Lipinski definition) is 5. The van der Waals surface area contributed by atoms with Crippen molar-refractivity contribution in [2.75, 3.05) is 6.54 Å².